The van der Waals surface area contributed by atoms with E-state index in [1.807, 2.05) is 19.1 Å². The molecule has 1 aliphatic rings. The Kier molecular flexibility index (Phi) is 4.18. The SMILES string of the molecule is Cc1[nH]c(-c2cccc(Cl)c2)nc1C(=O)N1CCCC(O)C1. The number of imidazole rings is 1. The molecular weight excluding hydrogens is 302 g/mol. The van der Waals surface area contributed by atoms with E-state index in [4.69, 9.17) is 11.6 Å². The number of likely N-dealkylation sites (tertiary alicyclic amines) is 1. The summed E-state index contributed by atoms with van der Waals surface area (Å²) in [5, 5.41) is 10.3. The molecule has 1 aromatic heterocycles. The number of amides is 1. The summed E-state index contributed by atoms with van der Waals surface area (Å²) in [6, 6.07) is 7.34. The van der Waals surface area contributed by atoms with Crippen LogP contribution in [0.25, 0.3) is 11.4 Å². The first kappa shape index (κ1) is 15.1. The van der Waals surface area contributed by atoms with Gasteiger partial charge in [0.2, 0.25) is 0 Å². The van der Waals surface area contributed by atoms with Crippen molar-refractivity contribution in [2.45, 2.75) is 25.9 Å². The van der Waals surface area contributed by atoms with Gasteiger partial charge < -0.3 is 15.0 Å². The van der Waals surface area contributed by atoms with Gasteiger partial charge in [-0.15, -0.1) is 0 Å². The first-order chi connectivity index (χ1) is 10.5. The zero-order chi connectivity index (χ0) is 15.7. The van der Waals surface area contributed by atoms with Gasteiger partial charge in [-0.2, -0.15) is 0 Å². The Hall–Kier alpha value is -1.85. The van der Waals surface area contributed by atoms with Crippen LogP contribution in [0.3, 0.4) is 0 Å². The van der Waals surface area contributed by atoms with Gasteiger partial charge in [0.15, 0.2) is 0 Å². The number of β-amino-alcohol motifs (C(OH)–C–C–N with tert-alkyl or cyclic N) is 1. The van der Waals surface area contributed by atoms with Gasteiger partial charge in [0, 0.05) is 29.4 Å². The van der Waals surface area contributed by atoms with Crippen LogP contribution in [0.15, 0.2) is 24.3 Å². The van der Waals surface area contributed by atoms with Crippen molar-refractivity contribution in [2.75, 3.05) is 13.1 Å². The molecule has 1 atom stereocenters. The van der Waals surface area contributed by atoms with Crippen LogP contribution in [0.5, 0.6) is 0 Å². The number of H-pyrrole nitrogens is 1. The molecule has 0 saturated carbocycles. The molecule has 6 heteroatoms. The molecule has 3 rings (SSSR count). The minimum Gasteiger partial charge on any atom is -0.391 e. The fraction of sp³-hybridized carbons (Fsp3) is 0.375. The highest BCUT2D eigenvalue weighted by molar-refractivity contribution is 6.30. The normalized spacial score (nSPS) is 18.5. The topological polar surface area (TPSA) is 69.2 Å². The van der Waals surface area contributed by atoms with Crippen LogP contribution >= 0.6 is 11.6 Å². The molecule has 22 heavy (non-hydrogen) atoms. The third kappa shape index (κ3) is 3.00. The number of nitrogens with one attached hydrogen (secondary N) is 1. The largest absolute Gasteiger partial charge is 0.391 e. The van der Waals surface area contributed by atoms with Crippen molar-refractivity contribution in [1.29, 1.82) is 0 Å². The lowest BCUT2D eigenvalue weighted by Gasteiger charge is -2.29. The van der Waals surface area contributed by atoms with E-state index in [1.165, 1.54) is 0 Å². The van der Waals surface area contributed by atoms with Gasteiger partial charge in [0.05, 0.1) is 6.10 Å². The second-order valence-corrected chi connectivity index (χ2v) is 6.05. The number of hydrogen-bond acceptors (Lipinski definition) is 3. The summed E-state index contributed by atoms with van der Waals surface area (Å²) in [5.74, 6) is 0.488. The number of aromatic amines is 1. The fourth-order valence-electron chi connectivity index (χ4n) is 2.73. The molecule has 2 N–H and O–H groups in total. The molecule has 1 aliphatic heterocycles. The Labute approximate surface area is 133 Å². The maximum absolute atomic E-state index is 12.6. The average Bonchev–Trinajstić information content (AvgIpc) is 2.88. The predicted octanol–water partition coefficient (Wildman–Crippen LogP) is 2.64. The van der Waals surface area contributed by atoms with E-state index in [0.29, 0.717) is 29.6 Å². The molecule has 0 aliphatic carbocycles. The number of rotatable bonds is 2. The van der Waals surface area contributed by atoms with Crippen molar-refractivity contribution >= 4 is 17.5 Å². The van der Waals surface area contributed by atoms with E-state index in [0.717, 1.165) is 24.1 Å². The lowest BCUT2D eigenvalue weighted by Crippen LogP contribution is -2.42. The van der Waals surface area contributed by atoms with Crippen LogP contribution in [-0.4, -0.2) is 45.1 Å². The number of benzene rings is 1. The van der Waals surface area contributed by atoms with Crippen molar-refractivity contribution in [3.8, 4) is 11.4 Å². The lowest BCUT2D eigenvalue weighted by molar-refractivity contribution is 0.0469. The van der Waals surface area contributed by atoms with Crippen molar-refractivity contribution in [2.24, 2.45) is 0 Å². The molecular formula is C16H18ClN3O2. The molecule has 2 heterocycles. The number of aromatic nitrogens is 2. The van der Waals surface area contributed by atoms with E-state index in [1.54, 1.807) is 17.0 Å². The van der Waals surface area contributed by atoms with Crippen LogP contribution in [0.2, 0.25) is 5.02 Å². The number of hydrogen-bond donors (Lipinski definition) is 2. The summed E-state index contributed by atoms with van der Waals surface area (Å²) >= 11 is 6.00. The number of piperidine rings is 1. The summed E-state index contributed by atoms with van der Waals surface area (Å²) < 4.78 is 0. The number of nitrogens with zero attached hydrogens (tertiary/aromatic N) is 2. The summed E-state index contributed by atoms with van der Waals surface area (Å²) in [6.45, 7) is 2.86. The molecule has 116 valence electrons. The molecule has 0 radical (unpaired) electrons. The highest BCUT2D eigenvalue weighted by Crippen LogP contribution is 2.23. The Balaban J connectivity index is 1.87. The van der Waals surface area contributed by atoms with Crippen LogP contribution in [-0.2, 0) is 0 Å². The number of halogens is 1. The summed E-state index contributed by atoms with van der Waals surface area (Å²) in [7, 11) is 0. The third-order valence-electron chi connectivity index (χ3n) is 3.87. The lowest BCUT2D eigenvalue weighted by atomic mass is 10.1. The van der Waals surface area contributed by atoms with E-state index in [-0.39, 0.29) is 5.91 Å². The maximum atomic E-state index is 12.6. The van der Waals surface area contributed by atoms with Gasteiger partial charge in [-0.1, -0.05) is 23.7 Å². The molecule has 1 unspecified atom stereocenters. The predicted molar refractivity (Wildman–Crippen MR) is 84.9 cm³/mol. The molecule has 5 nitrogen and oxygen atoms in total. The summed E-state index contributed by atoms with van der Waals surface area (Å²) in [5.41, 5.74) is 1.97. The monoisotopic (exact) mass is 319 g/mol. The van der Waals surface area contributed by atoms with Crippen LogP contribution in [0.4, 0.5) is 0 Å². The number of aliphatic hydroxyl groups is 1. The standard InChI is InChI=1S/C16H18ClN3O2/c1-10-14(16(22)20-7-3-6-13(21)9-20)19-15(18-10)11-4-2-5-12(17)8-11/h2,4-5,8,13,21H,3,6-7,9H2,1H3,(H,18,19). The van der Waals surface area contributed by atoms with Gasteiger partial charge >= 0.3 is 0 Å². The number of carbonyl (C=O) groups is 1. The Morgan fingerprint density at radius 3 is 3.05 bits per heavy atom. The Bertz CT molecular complexity index is 698. The highest BCUT2D eigenvalue weighted by atomic mass is 35.5. The Morgan fingerprint density at radius 2 is 2.32 bits per heavy atom. The number of carbonyl (C=O) groups excluding carboxylic acids is 1. The van der Waals surface area contributed by atoms with E-state index >= 15 is 0 Å². The minimum atomic E-state index is -0.440. The smallest absolute Gasteiger partial charge is 0.274 e. The molecule has 1 aromatic carbocycles. The minimum absolute atomic E-state index is 0.138. The molecule has 1 amide bonds. The second kappa shape index (κ2) is 6.10. The first-order valence-electron chi connectivity index (χ1n) is 7.34. The van der Waals surface area contributed by atoms with Crippen LogP contribution in [0.1, 0.15) is 29.0 Å². The van der Waals surface area contributed by atoms with Crippen molar-refractivity contribution in [1.82, 2.24) is 14.9 Å². The molecule has 1 fully saturated rings. The molecule has 2 aromatic rings. The van der Waals surface area contributed by atoms with Crippen molar-refractivity contribution < 1.29 is 9.90 Å². The zero-order valence-electron chi connectivity index (χ0n) is 12.3. The third-order valence-corrected chi connectivity index (χ3v) is 4.10. The highest BCUT2D eigenvalue weighted by Gasteiger charge is 2.26. The van der Waals surface area contributed by atoms with Gasteiger partial charge in [0.25, 0.3) is 5.91 Å². The van der Waals surface area contributed by atoms with E-state index in [9.17, 15) is 9.90 Å². The quantitative estimate of drug-likeness (QED) is 0.894. The number of aryl methyl sites for hydroxylation is 1. The van der Waals surface area contributed by atoms with E-state index in [2.05, 4.69) is 9.97 Å². The first-order valence-corrected chi connectivity index (χ1v) is 7.72. The Morgan fingerprint density at radius 1 is 1.50 bits per heavy atom. The van der Waals surface area contributed by atoms with Gasteiger partial charge in [-0.05, 0) is 31.9 Å². The summed E-state index contributed by atoms with van der Waals surface area (Å²) in [6.07, 6.45) is 1.12. The van der Waals surface area contributed by atoms with Crippen LogP contribution < -0.4 is 0 Å². The number of aliphatic hydroxyl groups excluding tert-OH is 1. The molecule has 1 saturated heterocycles. The van der Waals surface area contributed by atoms with Crippen molar-refractivity contribution in [3.63, 3.8) is 0 Å². The average molecular weight is 320 g/mol. The van der Waals surface area contributed by atoms with Gasteiger partial charge in [-0.3, -0.25) is 4.79 Å². The summed E-state index contributed by atoms with van der Waals surface area (Å²) in [4.78, 5) is 21.8. The molecule has 0 spiro atoms. The van der Waals surface area contributed by atoms with Gasteiger partial charge in [0.1, 0.15) is 11.5 Å². The zero-order valence-corrected chi connectivity index (χ0v) is 13.1. The maximum Gasteiger partial charge on any atom is 0.274 e. The fourth-order valence-corrected chi connectivity index (χ4v) is 2.92. The van der Waals surface area contributed by atoms with Crippen molar-refractivity contribution in [3.05, 3.63) is 40.7 Å². The van der Waals surface area contributed by atoms with Gasteiger partial charge in [-0.25, -0.2) is 4.98 Å². The van der Waals surface area contributed by atoms with Crippen LogP contribution in [0, 0.1) is 6.92 Å². The molecule has 0 bridgehead atoms. The van der Waals surface area contributed by atoms with E-state index < -0.39 is 6.10 Å². The second-order valence-electron chi connectivity index (χ2n) is 5.62.